The van der Waals surface area contributed by atoms with Gasteiger partial charge in [0, 0.05) is 11.9 Å². The van der Waals surface area contributed by atoms with Crippen molar-refractivity contribution in [1.82, 2.24) is 4.98 Å². The third kappa shape index (κ3) is 3.94. The molecule has 1 rings (SSSR count). The van der Waals surface area contributed by atoms with Crippen LogP contribution < -0.4 is 0 Å². The van der Waals surface area contributed by atoms with Crippen LogP contribution in [0.5, 0.6) is 0 Å². The number of carbonyl (C=O) groups is 1. The Labute approximate surface area is 95.4 Å². The minimum absolute atomic E-state index is 0. The van der Waals surface area contributed by atoms with Crippen molar-refractivity contribution in [3.8, 4) is 0 Å². The van der Waals surface area contributed by atoms with E-state index in [2.05, 4.69) is 4.98 Å². The number of aliphatic carboxylic acids is 1. The average Bonchev–Trinajstić information content (AvgIpc) is 1.97. The number of nitrogens with zero attached hydrogens (tertiary/aromatic N) is 1. The first-order valence-corrected chi connectivity index (χ1v) is 3.74. The van der Waals surface area contributed by atoms with Gasteiger partial charge in [-0.15, -0.1) is 24.8 Å². The van der Waals surface area contributed by atoms with E-state index in [1.165, 1.54) is 0 Å². The Morgan fingerprint density at radius 1 is 1.43 bits per heavy atom. The molecule has 0 aliphatic carbocycles. The maximum absolute atomic E-state index is 10.4. The van der Waals surface area contributed by atoms with Crippen molar-refractivity contribution in [3.05, 3.63) is 29.1 Å². The zero-order valence-corrected chi connectivity index (χ0v) is 9.61. The van der Waals surface area contributed by atoms with Crippen molar-refractivity contribution in [1.29, 1.82) is 0 Å². The summed E-state index contributed by atoms with van der Waals surface area (Å²) < 4.78 is 0. The molecule has 1 aromatic heterocycles. The van der Waals surface area contributed by atoms with Crippen LogP contribution in [0.1, 0.15) is 16.8 Å². The summed E-state index contributed by atoms with van der Waals surface area (Å²) in [5.41, 5.74) is 2.62. The van der Waals surface area contributed by atoms with E-state index < -0.39 is 5.97 Å². The Hall–Kier alpha value is -0.800. The first-order chi connectivity index (χ1) is 5.61. The fourth-order valence-electron chi connectivity index (χ4n) is 1.14. The monoisotopic (exact) mass is 237 g/mol. The summed E-state index contributed by atoms with van der Waals surface area (Å²) in [6.07, 6.45) is 1.75. The van der Waals surface area contributed by atoms with Gasteiger partial charge < -0.3 is 5.11 Å². The number of aryl methyl sites for hydroxylation is 2. The molecule has 14 heavy (non-hydrogen) atoms. The summed E-state index contributed by atoms with van der Waals surface area (Å²) in [5.74, 6) is -0.811. The Balaban J connectivity index is 0. The number of carboxylic acids is 1. The lowest BCUT2D eigenvalue weighted by atomic mass is 10.1. The summed E-state index contributed by atoms with van der Waals surface area (Å²) in [5, 5.41) is 8.59. The minimum atomic E-state index is -0.811. The molecular weight excluding hydrogens is 225 g/mol. The Bertz CT molecular complexity index is 295. The fourth-order valence-corrected chi connectivity index (χ4v) is 1.14. The normalized spacial score (nSPS) is 8.43. The van der Waals surface area contributed by atoms with E-state index in [-0.39, 0.29) is 31.2 Å². The van der Waals surface area contributed by atoms with E-state index in [1.54, 1.807) is 6.20 Å². The minimum Gasteiger partial charge on any atom is -0.481 e. The van der Waals surface area contributed by atoms with Crippen molar-refractivity contribution in [2.75, 3.05) is 0 Å². The smallest absolute Gasteiger partial charge is 0.307 e. The van der Waals surface area contributed by atoms with E-state index in [4.69, 9.17) is 5.11 Å². The molecule has 5 heteroatoms. The molecule has 0 saturated heterocycles. The molecular formula is C9H13Cl2NO2. The highest BCUT2D eigenvalue weighted by atomic mass is 35.5. The Morgan fingerprint density at radius 2 is 2.00 bits per heavy atom. The predicted octanol–water partition coefficient (Wildman–Crippen LogP) is 2.17. The summed E-state index contributed by atoms with van der Waals surface area (Å²) in [4.78, 5) is 14.5. The van der Waals surface area contributed by atoms with Gasteiger partial charge in [-0.05, 0) is 31.0 Å². The number of hydrogen-bond donors (Lipinski definition) is 1. The number of aromatic nitrogens is 1. The van der Waals surface area contributed by atoms with E-state index in [1.807, 2.05) is 19.9 Å². The molecule has 0 atom stereocenters. The van der Waals surface area contributed by atoms with Crippen LogP contribution in [0, 0.1) is 13.8 Å². The van der Waals surface area contributed by atoms with E-state index in [0.717, 1.165) is 16.8 Å². The van der Waals surface area contributed by atoms with E-state index in [9.17, 15) is 4.79 Å². The largest absolute Gasteiger partial charge is 0.481 e. The van der Waals surface area contributed by atoms with E-state index >= 15 is 0 Å². The Kier molecular flexibility index (Phi) is 7.41. The fraction of sp³-hybridized carbons (Fsp3) is 0.333. The van der Waals surface area contributed by atoms with Crippen LogP contribution in [-0.4, -0.2) is 16.1 Å². The van der Waals surface area contributed by atoms with Crippen molar-refractivity contribution >= 4 is 30.8 Å². The highest BCUT2D eigenvalue weighted by molar-refractivity contribution is 5.85. The summed E-state index contributed by atoms with van der Waals surface area (Å²) in [6, 6.07) is 1.82. The summed E-state index contributed by atoms with van der Waals surface area (Å²) in [7, 11) is 0. The second-order valence-electron chi connectivity index (χ2n) is 2.76. The second-order valence-corrected chi connectivity index (χ2v) is 2.76. The molecule has 0 aliphatic rings. The molecule has 0 unspecified atom stereocenters. The lowest BCUT2D eigenvalue weighted by Gasteiger charge is -2.04. The summed E-state index contributed by atoms with van der Waals surface area (Å²) >= 11 is 0. The maximum atomic E-state index is 10.4. The zero-order chi connectivity index (χ0) is 9.14. The molecule has 0 aliphatic heterocycles. The summed E-state index contributed by atoms with van der Waals surface area (Å²) in [6.45, 7) is 3.72. The number of halogens is 2. The molecule has 0 fully saturated rings. The molecule has 0 saturated carbocycles. The van der Waals surface area contributed by atoms with Crippen molar-refractivity contribution < 1.29 is 9.90 Å². The van der Waals surface area contributed by atoms with Gasteiger partial charge >= 0.3 is 5.97 Å². The number of hydrogen-bond acceptors (Lipinski definition) is 2. The van der Waals surface area contributed by atoms with Crippen molar-refractivity contribution in [2.45, 2.75) is 20.3 Å². The van der Waals surface area contributed by atoms with Crippen LogP contribution in [0.2, 0.25) is 0 Å². The van der Waals surface area contributed by atoms with Gasteiger partial charge in [-0.1, -0.05) is 0 Å². The number of carboxylic acid groups (broad SMARTS) is 1. The van der Waals surface area contributed by atoms with Crippen molar-refractivity contribution in [3.63, 3.8) is 0 Å². The van der Waals surface area contributed by atoms with Crippen LogP contribution >= 0.6 is 24.8 Å². The van der Waals surface area contributed by atoms with Gasteiger partial charge in [0.1, 0.15) is 0 Å². The molecule has 0 amide bonds. The van der Waals surface area contributed by atoms with E-state index in [0.29, 0.717) is 0 Å². The number of pyridine rings is 1. The third-order valence-corrected chi connectivity index (χ3v) is 1.83. The average molecular weight is 238 g/mol. The number of rotatable bonds is 2. The molecule has 0 radical (unpaired) electrons. The van der Waals surface area contributed by atoms with Crippen LogP contribution in [0.25, 0.3) is 0 Å². The first kappa shape index (κ1) is 15.7. The molecule has 80 valence electrons. The molecule has 0 bridgehead atoms. The topological polar surface area (TPSA) is 50.2 Å². The molecule has 0 aromatic carbocycles. The lowest BCUT2D eigenvalue weighted by molar-refractivity contribution is -0.136. The Morgan fingerprint density at radius 3 is 2.43 bits per heavy atom. The van der Waals surface area contributed by atoms with Gasteiger partial charge in [-0.25, -0.2) is 0 Å². The van der Waals surface area contributed by atoms with Crippen molar-refractivity contribution in [2.24, 2.45) is 0 Å². The van der Waals surface area contributed by atoms with Crippen LogP contribution in [0.4, 0.5) is 0 Å². The first-order valence-electron chi connectivity index (χ1n) is 3.74. The quantitative estimate of drug-likeness (QED) is 0.858. The van der Waals surface area contributed by atoms with Crippen LogP contribution in [-0.2, 0) is 11.2 Å². The molecule has 3 nitrogen and oxygen atoms in total. The van der Waals surface area contributed by atoms with Gasteiger partial charge in [0.15, 0.2) is 0 Å². The van der Waals surface area contributed by atoms with Crippen LogP contribution in [0.3, 0.4) is 0 Å². The SMILES string of the molecule is Cc1ccnc(C)c1CC(=O)O.Cl.Cl. The molecule has 1 N–H and O–H groups in total. The van der Waals surface area contributed by atoms with Gasteiger partial charge in [0.2, 0.25) is 0 Å². The third-order valence-electron chi connectivity index (χ3n) is 1.83. The molecule has 1 aromatic rings. The van der Waals surface area contributed by atoms with Gasteiger partial charge in [0.25, 0.3) is 0 Å². The predicted molar refractivity (Wildman–Crippen MR) is 59.5 cm³/mol. The highest BCUT2D eigenvalue weighted by Crippen LogP contribution is 2.10. The highest BCUT2D eigenvalue weighted by Gasteiger charge is 2.06. The van der Waals surface area contributed by atoms with Gasteiger partial charge in [0.05, 0.1) is 6.42 Å². The zero-order valence-electron chi connectivity index (χ0n) is 7.98. The standard InChI is InChI=1S/C9H11NO2.2ClH/c1-6-3-4-10-7(2)8(6)5-9(11)12;;/h3-4H,5H2,1-2H3,(H,11,12);2*1H. The maximum Gasteiger partial charge on any atom is 0.307 e. The van der Waals surface area contributed by atoms with Gasteiger partial charge in [-0.2, -0.15) is 0 Å². The lowest BCUT2D eigenvalue weighted by Crippen LogP contribution is -2.05. The van der Waals surface area contributed by atoms with Crippen LogP contribution in [0.15, 0.2) is 12.3 Å². The molecule has 1 heterocycles. The van der Waals surface area contributed by atoms with Gasteiger partial charge in [-0.3, -0.25) is 9.78 Å². The second kappa shape index (κ2) is 6.62. The molecule has 0 spiro atoms.